The molecule has 102 valence electrons. The van der Waals surface area contributed by atoms with Gasteiger partial charge in [0.05, 0.1) is 5.69 Å². The van der Waals surface area contributed by atoms with Gasteiger partial charge in [-0.25, -0.2) is 4.98 Å². The lowest BCUT2D eigenvalue weighted by atomic mass is 10.1. The fraction of sp³-hybridized carbons (Fsp3) is 0.571. The monoisotopic (exact) mass is 260 g/mol. The van der Waals surface area contributed by atoms with Crippen molar-refractivity contribution in [1.82, 2.24) is 19.6 Å². The van der Waals surface area contributed by atoms with E-state index in [9.17, 15) is 0 Å². The lowest BCUT2D eigenvalue weighted by molar-refractivity contribution is 0.176. The predicted molar refractivity (Wildman–Crippen MR) is 71.7 cm³/mol. The van der Waals surface area contributed by atoms with Gasteiger partial charge >= 0.3 is 0 Å². The molecule has 0 bridgehead atoms. The van der Waals surface area contributed by atoms with Crippen molar-refractivity contribution in [2.75, 3.05) is 6.54 Å². The van der Waals surface area contributed by atoms with Crippen LogP contribution in [0.5, 0.6) is 0 Å². The van der Waals surface area contributed by atoms with Gasteiger partial charge in [-0.05, 0) is 20.3 Å². The Hall–Kier alpha value is -1.62. The van der Waals surface area contributed by atoms with Crippen LogP contribution in [0.3, 0.4) is 0 Å². The summed E-state index contributed by atoms with van der Waals surface area (Å²) in [5.74, 6) is 1.09. The van der Waals surface area contributed by atoms with E-state index in [2.05, 4.69) is 39.7 Å². The number of nitrogens with zero attached hydrogens (tertiary/aromatic N) is 4. The van der Waals surface area contributed by atoms with Gasteiger partial charge in [-0.3, -0.25) is 4.90 Å². The third-order valence-corrected chi connectivity index (χ3v) is 4.07. The number of hydrogen-bond donors (Lipinski definition) is 0. The van der Waals surface area contributed by atoms with Crippen LogP contribution < -0.4 is 0 Å². The first-order valence-electron chi connectivity index (χ1n) is 6.88. The summed E-state index contributed by atoms with van der Waals surface area (Å²) in [4.78, 5) is 6.76. The van der Waals surface area contributed by atoms with E-state index in [0.29, 0.717) is 6.04 Å². The predicted octanol–water partition coefficient (Wildman–Crippen LogP) is 2.02. The minimum atomic E-state index is 0.560. The molecule has 2 aromatic heterocycles. The smallest absolute Gasteiger partial charge is 0.128 e. The first-order chi connectivity index (χ1) is 9.24. The molecule has 0 saturated carbocycles. The molecule has 5 heteroatoms. The van der Waals surface area contributed by atoms with Crippen LogP contribution in [0, 0.1) is 6.92 Å². The molecule has 0 radical (unpaired) electrons. The number of rotatable bonds is 4. The molecule has 19 heavy (non-hydrogen) atoms. The molecule has 0 aromatic carbocycles. The molecular weight excluding hydrogens is 240 g/mol. The Morgan fingerprint density at radius 1 is 1.47 bits per heavy atom. The van der Waals surface area contributed by atoms with Gasteiger partial charge < -0.3 is 9.09 Å². The Labute approximate surface area is 113 Å². The normalized spacial score (nSPS) is 17.4. The molecule has 0 fully saturated rings. The first-order valence-corrected chi connectivity index (χ1v) is 6.88. The molecular formula is C14H20N4O. The lowest BCUT2D eigenvalue weighted by Crippen LogP contribution is -2.37. The summed E-state index contributed by atoms with van der Waals surface area (Å²) in [5.41, 5.74) is 2.38. The van der Waals surface area contributed by atoms with Crippen LogP contribution in [0.25, 0.3) is 0 Å². The topological polar surface area (TPSA) is 47.1 Å². The average Bonchev–Trinajstić information content (AvgIpc) is 3.03. The standard InChI is InChI=1S/C14H20N4O/c1-11(3-6-17-8-5-15-12(17)2)18-7-4-14-13(9-18)10-19-16-14/h5,8,10-11H,3-4,6-7,9H2,1-2H3. The van der Waals surface area contributed by atoms with Crippen LogP contribution in [0.4, 0.5) is 0 Å². The quantitative estimate of drug-likeness (QED) is 0.843. The van der Waals surface area contributed by atoms with Gasteiger partial charge in [-0.15, -0.1) is 0 Å². The summed E-state index contributed by atoms with van der Waals surface area (Å²) >= 11 is 0. The summed E-state index contributed by atoms with van der Waals surface area (Å²) in [6.45, 7) is 7.41. The van der Waals surface area contributed by atoms with Crippen molar-refractivity contribution in [3.63, 3.8) is 0 Å². The zero-order valence-electron chi connectivity index (χ0n) is 11.5. The number of aromatic nitrogens is 3. The maximum Gasteiger partial charge on any atom is 0.128 e. The second kappa shape index (κ2) is 5.17. The Kier molecular flexibility index (Phi) is 3.38. The molecule has 1 aliphatic rings. The molecule has 0 aliphatic carbocycles. The van der Waals surface area contributed by atoms with Gasteiger partial charge in [0.2, 0.25) is 0 Å². The Morgan fingerprint density at radius 3 is 3.16 bits per heavy atom. The number of fused-ring (bicyclic) bond motifs is 1. The third kappa shape index (κ3) is 2.56. The first kappa shape index (κ1) is 12.4. The van der Waals surface area contributed by atoms with Crippen molar-refractivity contribution in [3.8, 4) is 0 Å². The molecule has 0 N–H and O–H groups in total. The van der Waals surface area contributed by atoms with Gasteiger partial charge in [0, 0.05) is 50.1 Å². The zero-order chi connectivity index (χ0) is 13.2. The van der Waals surface area contributed by atoms with Gasteiger partial charge in [0.15, 0.2) is 0 Å². The molecule has 1 unspecified atom stereocenters. The third-order valence-electron chi connectivity index (χ3n) is 4.07. The summed E-state index contributed by atoms with van der Waals surface area (Å²) in [5, 5.41) is 4.03. The highest BCUT2D eigenvalue weighted by atomic mass is 16.5. The van der Waals surface area contributed by atoms with E-state index in [1.807, 2.05) is 6.20 Å². The van der Waals surface area contributed by atoms with E-state index < -0.39 is 0 Å². The summed E-state index contributed by atoms with van der Waals surface area (Å²) in [7, 11) is 0. The van der Waals surface area contributed by atoms with Gasteiger partial charge in [-0.1, -0.05) is 5.16 Å². The second-order valence-electron chi connectivity index (χ2n) is 5.31. The van der Waals surface area contributed by atoms with Crippen molar-refractivity contribution in [3.05, 3.63) is 35.7 Å². The molecule has 0 saturated heterocycles. The van der Waals surface area contributed by atoms with Crippen LogP contribution in [-0.2, 0) is 19.5 Å². The largest absolute Gasteiger partial charge is 0.364 e. The highest BCUT2D eigenvalue weighted by molar-refractivity contribution is 5.17. The zero-order valence-corrected chi connectivity index (χ0v) is 11.5. The van der Waals surface area contributed by atoms with Gasteiger partial charge in [0.1, 0.15) is 12.1 Å². The molecule has 0 amide bonds. The molecule has 5 nitrogen and oxygen atoms in total. The summed E-state index contributed by atoms with van der Waals surface area (Å²) < 4.78 is 7.25. The van der Waals surface area contributed by atoms with E-state index in [1.54, 1.807) is 6.26 Å². The minimum Gasteiger partial charge on any atom is -0.364 e. The Balaban J connectivity index is 1.57. The highest BCUT2D eigenvalue weighted by Crippen LogP contribution is 2.20. The van der Waals surface area contributed by atoms with Gasteiger partial charge in [-0.2, -0.15) is 0 Å². The van der Waals surface area contributed by atoms with E-state index >= 15 is 0 Å². The van der Waals surface area contributed by atoms with Crippen molar-refractivity contribution in [2.45, 2.75) is 45.8 Å². The second-order valence-corrected chi connectivity index (χ2v) is 5.31. The molecule has 3 rings (SSSR count). The van der Waals surface area contributed by atoms with Crippen LogP contribution in [0.2, 0.25) is 0 Å². The van der Waals surface area contributed by atoms with Crippen molar-refractivity contribution < 1.29 is 4.52 Å². The van der Waals surface area contributed by atoms with Crippen LogP contribution >= 0.6 is 0 Å². The van der Waals surface area contributed by atoms with Crippen molar-refractivity contribution in [2.24, 2.45) is 0 Å². The maximum absolute atomic E-state index is 5.04. The van der Waals surface area contributed by atoms with E-state index in [4.69, 9.17) is 4.52 Å². The van der Waals surface area contributed by atoms with Crippen LogP contribution in [0.1, 0.15) is 30.4 Å². The number of imidazole rings is 1. The molecule has 3 heterocycles. The maximum atomic E-state index is 5.04. The number of aryl methyl sites for hydroxylation is 2. The van der Waals surface area contributed by atoms with Crippen LogP contribution in [0.15, 0.2) is 23.2 Å². The van der Waals surface area contributed by atoms with Gasteiger partial charge in [0.25, 0.3) is 0 Å². The van der Waals surface area contributed by atoms with Crippen molar-refractivity contribution in [1.29, 1.82) is 0 Å². The van der Waals surface area contributed by atoms with E-state index in [0.717, 1.165) is 44.0 Å². The highest BCUT2D eigenvalue weighted by Gasteiger charge is 2.22. The fourth-order valence-electron chi connectivity index (χ4n) is 2.69. The average molecular weight is 260 g/mol. The van der Waals surface area contributed by atoms with E-state index in [1.165, 1.54) is 5.56 Å². The molecule has 2 aromatic rings. The minimum absolute atomic E-state index is 0.560. The summed E-state index contributed by atoms with van der Waals surface area (Å²) in [6.07, 6.45) is 7.84. The Bertz CT molecular complexity index is 545. The molecule has 0 spiro atoms. The SMILES string of the molecule is Cc1nccn1CCC(C)N1CCc2nocc2C1. The lowest BCUT2D eigenvalue weighted by Gasteiger charge is -2.31. The summed E-state index contributed by atoms with van der Waals surface area (Å²) in [6, 6.07) is 0.560. The van der Waals surface area contributed by atoms with Crippen molar-refractivity contribution >= 4 is 0 Å². The molecule has 1 atom stereocenters. The number of hydrogen-bond acceptors (Lipinski definition) is 4. The Morgan fingerprint density at radius 2 is 2.37 bits per heavy atom. The molecule has 1 aliphatic heterocycles. The van der Waals surface area contributed by atoms with Crippen LogP contribution in [-0.4, -0.2) is 32.2 Å². The van der Waals surface area contributed by atoms with E-state index in [-0.39, 0.29) is 0 Å². The fourth-order valence-corrected chi connectivity index (χ4v) is 2.69.